The Kier molecular flexibility index (Phi) is 5.14. The molecule has 2 rings (SSSR count). The van der Waals surface area contributed by atoms with Crippen molar-refractivity contribution in [1.29, 1.82) is 0 Å². The van der Waals surface area contributed by atoms with E-state index in [1.807, 2.05) is 0 Å². The van der Waals surface area contributed by atoms with E-state index in [1.54, 1.807) is 6.07 Å². The average Bonchev–Trinajstić information content (AvgIpc) is 2.48. The monoisotopic (exact) mass is 312 g/mol. The number of likely N-dealkylation sites (tertiary alicyclic amines) is 1. The third-order valence-electron chi connectivity index (χ3n) is 3.68. The van der Waals surface area contributed by atoms with E-state index in [-0.39, 0.29) is 17.6 Å². The second-order valence-corrected chi connectivity index (χ2v) is 5.54. The van der Waals surface area contributed by atoms with Gasteiger partial charge in [-0.1, -0.05) is 11.6 Å². The van der Waals surface area contributed by atoms with Crippen LogP contribution in [0, 0.1) is 16.0 Å². The largest absolute Gasteiger partial charge is 0.469 e. The minimum absolute atomic E-state index is 0.0187. The molecule has 0 aromatic heterocycles. The van der Waals surface area contributed by atoms with Gasteiger partial charge in [0.2, 0.25) is 0 Å². The lowest BCUT2D eigenvalue weighted by molar-refractivity contribution is -0.384. The van der Waals surface area contributed by atoms with Crippen LogP contribution in [-0.4, -0.2) is 36.0 Å². The van der Waals surface area contributed by atoms with Crippen LogP contribution >= 0.6 is 11.6 Å². The molecule has 0 aliphatic carbocycles. The molecule has 1 heterocycles. The Morgan fingerprint density at radius 3 is 2.95 bits per heavy atom. The van der Waals surface area contributed by atoms with Gasteiger partial charge in [-0.3, -0.25) is 19.8 Å². The molecular weight excluding hydrogens is 296 g/mol. The van der Waals surface area contributed by atoms with Crippen molar-refractivity contribution >= 4 is 23.3 Å². The molecule has 114 valence electrons. The van der Waals surface area contributed by atoms with Gasteiger partial charge in [-0.25, -0.2) is 0 Å². The molecule has 1 aliphatic heterocycles. The average molecular weight is 313 g/mol. The molecule has 0 saturated carbocycles. The first-order chi connectivity index (χ1) is 10.0. The molecule has 1 aromatic carbocycles. The third-order valence-corrected chi connectivity index (χ3v) is 4.03. The number of hydrogen-bond donors (Lipinski definition) is 0. The van der Waals surface area contributed by atoms with Crippen molar-refractivity contribution in [3.05, 3.63) is 38.9 Å². The highest BCUT2D eigenvalue weighted by Crippen LogP contribution is 2.26. The number of benzene rings is 1. The van der Waals surface area contributed by atoms with E-state index in [2.05, 4.69) is 4.90 Å². The number of halogens is 1. The number of carbonyl (C=O) groups is 1. The normalized spacial score (nSPS) is 19.2. The van der Waals surface area contributed by atoms with Crippen molar-refractivity contribution < 1.29 is 14.5 Å². The fourth-order valence-corrected chi connectivity index (χ4v) is 2.81. The Labute approximate surface area is 127 Å². The lowest BCUT2D eigenvalue weighted by Crippen LogP contribution is -2.38. The summed E-state index contributed by atoms with van der Waals surface area (Å²) in [6, 6.07) is 4.48. The fourth-order valence-electron chi connectivity index (χ4n) is 2.58. The van der Waals surface area contributed by atoms with Crippen molar-refractivity contribution in [2.45, 2.75) is 19.4 Å². The molecule has 1 aliphatic rings. The number of methoxy groups -OCH3 is 1. The molecular formula is C14H17ClN2O4. The highest BCUT2D eigenvalue weighted by Gasteiger charge is 2.26. The Morgan fingerprint density at radius 1 is 1.57 bits per heavy atom. The number of esters is 1. The number of rotatable bonds is 4. The van der Waals surface area contributed by atoms with Gasteiger partial charge in [-0.2, -0.15) is 0 Å². The standard InChI is InChI=1S/C14H17ClN2O4/c1-21-14(18)11-3-2-6-16(9-11)8-10-4-5-12(17(19)20)7-13(10)15/h4-5,7,11H,2-3,6,8-9H2,1H3. The first-order valence-electron chi connectivity index (χ1n) is 6.74. The van der Waals surface area contributed by atoms with Crippen LogP contribution in [-0.2, 0) is 16.1 Å². The molecule has 1 saturated heterocycles. The number of carbonyl (C=O) groups excluding carboxylic acids is 1. The number of nitrogens with zero attached hydrogens (tertiary/aromatic N) is 2. The Bertz CT molecular complexity index is 550. The molecule has 6 nitrogen and oxygen atoms in total. The summed E-state index contributed by atoms with van der Waals surface area (Å²) in [6.45, 7) is 2.07. The van der Waals surface area contributed by atoms with E-state index < -0.39 is 4.92 Å². The van der Waals surface area contributed by atoms with E-state index in [0.717, 1.165) is 24.9 Å². The predicted octanol–water partition coefficient (Wildman–Crippen LogP) is 2.63. The van der Waals surface area contributed by atoms with Gasteiger partial charge < -0.3 is 4.74 Å². The van der Waals surface area contributed by atoms with Crippen LogP contribution in [0.25, 0.3) is 0 Å². The van der Waals surface area contributed by atoms with Crippen molar-refractivity contribution in [3.63, 3.8) is 0 Å². The quantitative estimate of drug-likeness (QED) is 0.485. The Hall–Kier alpha value is -1.66. The predicted molar refractivity (Wildman–Crippen MR) is 78.1 cm³/mol. The zero-order chi connectivity index (χ0) is 15.4. The summed E-state index contributed by atoms with van der Waals surface area (Å²) < 4.78 is 4.79. The van der Waals surface area contributed by atoms with Gasteiger partial charge in [0.25, 0.3) is 5.69 Å². The number of piperidine rings is 1. The molecule has 0 spiro atoms. The summed E-state index contributed by atoms with van der Waals surface area (Å²) in [5, 5.41) is 11.1. The van der Waals surface area contributed by atoms with Gasteiger partial charge >= 0.3 is 5.97 Å². The number of ether oxygens (including phenoxy) is 1. The van der Waals surface area contributed by atoms with E-state index in [9.17, 15) is 14.9 Å². The van der Waals surface area contributed by atoms with Gasteiger partial charge in [0.1, 0.15) is 0 Å². The van der Waals surface area contributed by atoms with Gasteiger partial charge in [-0.15, -0.1) is 0 Å². The molecule has 1 unspecified atom stereocenters. The second-order valence-electron chi connectivity index (χ2n) is 5.13. The molecule has 1 fully saturated rings. The zero-order valence-corrected chi connectivity index (χ0v) is 12.5. The minimum atomic E-state index is -0.468. The zero-order valence-electron chi connectivity index (χ0n) is 11.8. The molecule has 0 radical (unpaired) electrons. The summed E-state index contributed by atoms with van der Waals surface area (Å²) in [4.78, 5) is 23.9. The van der Waals surface area contributed by atoms with E-state index >= 15 is 0 Å². The Morgan fingerprint density at radius 2 is 2.33 bits per heavy atom. The molecule has 0 bridgehead atoms. The molecule has 1 aromatic rings. The summed E-state index contributed by atoms with van der Waals surface area (Å²) >= 11 is 6.10. The number of non-ortho nitro benzene ring substituents is 1. The van der Waals surface area contributed by atoms with Crippen molar-refractivity contribution in [3.8, 4) is 0 Å². The van der Waals surface area contributed by atoms with Crippen LogP contribution < -0.4 is 0 Å². The highest BCUT2D eigenvalue weighted by molar-refractivity contribution is 6.31. The molecule has 0 N–H and O–H groups in total. The van der Waals surface area contributed by atoms with E-state index in [1.165, 1.54) is 19.2 Å². The topological polar surface area (TPSA) is 72.7 Å². The van der Waals surface area contributed by atoms with Crippen LogP contribution in [0.15, 0.2) is 18.2 Å². The van der Waals surface area contributed by atoms with Crippen LogP contribution in [0.5, 0.6) is 0 Å². The maximum atomic E-state index is 11.6. The highest BCUT2D eigenvalue weighted by atomic mass is 35.5. The summed E-state index contributed by atoms with van der Waals surface area (Å²) in [7, 11) is 1.40. The lowest BCUT2D eigenvalue weighted by Gasteiger charge is -2.31. The summed E-state index contributed by atoms with van der Waals surface area (Å²) in [5.41, 5.74) is 0.808. The number of nitro groups is 1. The summed E-state index contributed by atoms with van der Waals surface area (Å²) in [6.07, 6.45) is 1.75. The minimum Gasteiger partial charge on any atom is -0.469 e. The van der Waals surface area contributed by atoms with Crippen molar-refractivity contribution in [2.24, 2.45) is 5.92 Å². The first kappa shape index (κ1) is 15.7. The Balaban J connectivity index is 2.04. The van der Waals surface area contributed by atoms with Crippen LogP contribution in [0.2, 0.25) is 5.02 Å². The van der Waals surface area contributed by atoms with Gasteiger partial charge in [-0.05, 0) is 31.0 Å². The van der Waals surface area contributed by atoms with Crippen LogP contribution in [0.4, 0.5) is 5.69 Å². The molecule has 21 heavy (non-hydrogen) atoms. The maximum absolute atomic E-state index is 11.6. The lowest BCUT2D eigenvalue weighted by atomic mass is 9.98. The van der Waals surface area contributed by atoms with E-state index in [4.69, 9.17) is 16.3 Å². The second kappa shape index (κ2) is 6.87. The van der Waals surface area contributed by atoms with Gasteiger partial charge in [0, 0.05) is 25.2 Å². The van der Waals surface area contributed by atoms with Gasteiger partial charge in [0.05, 0.1) is 23.0 Å². The maximum Gasteiger partial charge on any atom is 0.309 e. The van der Waals surface area contributed by atoms with Gasteiger partial charge in [0.15, 0.2) is 0 Å². The molecule has 1 atom stereocenters. The number of nitro benzene ring substituents is 1. The SMILES string of the molecule is COC(=O)C1CCCN(Cc2ccc([N+](=O)[O-])cc2Cl)C1. The molecule has 0 amide bonds. The third kappa shape index (κ3) is 3.92. The summed E-state index contributed by atoms with van der Waals surface area (Å²) in [5.74, 6) is -0.296. The van der Waals surface area contributed by atoms with Crippen LogP contribution in [0.1, 0.15) is 18.4 Å². The van der Waals surface area contributed by atoms with Crippen molar-refractivity contribution in [1.82, 2.24) is 4.90 Å². The smallest absolute Gasteiger partial charge is 0.309 e. The van der Waals surface area contributed by atoms with Crippen LogP contribution in [0.3, 0.4) is 0 Å². The molecule has 7 heteroatoms. The number of hydrogen-bond acceptors (Lipinski definition) is 5. The fraction of sp³-hybridized carbons (Fsp3) is 0.500. The van der Waals surface area contributed by atoms with E-state index in [0.29, 0.717) is 18.1 Å². The van der Waals surface area contributed by atoms with Crippen molar-refractivity contribution in [2.75, 3.05) is 20.2 Å². The first-order valence-corrected chi connectivity index (χ1v) is 7.12.